The van der Waals surface area contributed by atoms with Crippen molar-refractivity contribution in [3.05, 3.63) is 29.8 Å². The number of hydrogen-bond acceptors (Lipinski definition) is 3. The van der Waals surface area contributed by atoms with Crippen molar-refractivity contribution in [1.82, 2.24) is 10.2 Å². The Bertz CT molecular complexity index is 555. The van der Waals surface area contributed by atoms with Crippen LogP contribution in [0.1, 0.15) is 37.7 Å². The van der Waals surface area contributed by atoms with Crippen molar-refractivity contribution >= 4 is 17.8 Å². The van der Waals surface area contributed by atoms with Gasteiger partial charge in [-0.15, -0.1) is 11.8 Å². The molecular weight excluding hydrogens is 320 g/mol. The maximum Gasteiger partial charge on any atom is 0.317 e. The highest BCUT2D eigenvalue weighted by atomic mass is 32.2. The molecule has 2 fully saturated rings. The zero-order chi connectivity index (χ0) is 17.0. The minimum atomic E-state index is 0.0294. The fourth-order valence-electron chi connectivity index (χ4n) is 3.71. The van der Waals surface area contributed by atoms with Crippen molar-refractivity contribution in [2.75, 3.05) is 26.2 Å². The van der Waals surface area contributed by atoms with Crippen LogP contribution < -0.4 is 5.32 Å². The van der Waals surface area contributed by atoms with E-state index in [1.807, 2.05) is 16.7 Å². The highest BCUT2D eigenvalue weighted by molar-refractivity contribution is 8.00. The lowest BCUT2D eigenvalue weighted by molar-refractivity contribution is 0.197. The molecular formula is C19H28N2O2S. The van der Waals surface area contributed by atoms with E-state index in [4.69, 9.17) is 0 Å². The Hall–Kier alpha value is -1.20. The largest absolute Gasteiger partial charge is 0.396 e. The molecule has 3 rings (SSSR count). The van der Waals surface area contributed by atoms with Gasteiger partial charge in [0.25, 0.3) is 0 Å². The number of carbonyl (C=O) groups is 1. The number of likely N-dealkylation sites (tertiary alicyclic amines) is 1. The van der Waals surface area contributed by atoms with E-state index in [1.54, 1.807) is 0 Å². The number of aliphatic hydroxyl groups excluding tert-OH is 1. The molecule has 24 heavy (non-hydrogen) atoms. The summed E-state index contributed by atoms with van der Waals surface area (Å²) in [5, 5.41) is 12.4. The molecule has 1 unspecified atom stereocenters. The predicted molar refractivity (Wildman–Crippen MR) is 98.4 cm³/mol. The van der Waals surface area contributed by atoms with E-state index in [1.165, 1.54) is 23.3 Å². The number of urea groups is 1. The zero-order valence-electron chi connectivity index (χ0n) is 14.5. The number of carbonyl (C=O) groups excluding carboxylic acids is 1. The van der Waals surface area contributed by atoms with Gasteiger partial charge in [0.2, 0.25) is 0 Å². The second-order valence-corrected chi connectivity index (χ2v) is 8.79. The van der Waals surface area contributed by atoms with Crippen LogP contribution in [0.3, 0.4) is 0 Å². The highest BCUT2D eigenvalue weighted by Crippen LogP contribution is 2.45. The predicted octanol–water partition coefficient (Wildman–Crippen LogP) is 3.42. The lowest BCUT2D eigenvalue weighted by atomic mass is 10.1. The maximum atomic E-state index is 12.4. The van der Waals surface area contributed by atoms with Gasteiger partial charge in [-0.05, 0) is 38.3 Å². The molecule has 132 valence electrons. The topological polar surface area (TPSA) is 52.6 Å². The molecule has 1 atom stereocenters. The average Bonchev–Trinajstić information content (AvgIpc) is 3.25. The van der Waals surface area contributed by atoms with E-state index in [0.717, 1.165) is 32.4 Å². The summed E-state index contributed by atoms with van der Waals surface area (Å²) in [6, 6.07) is 8.72. The number of hydrogen-bond donors (Lipinski definition) is 2. The van der Waals surface area contributed by atoms with Crippen molar-refractivity contribution in [3.8, 4) is 0 Å². The Morgan fingerprint density at radius 2 is 2.04 bits per heavy atom. The summed E-state index contributed by atoms with van der Waals surface area (Å²) in [6.45, 7) is 4.45. The summed E-state index contributed by atoms with van der Waals surface area (Å²) in [5.74, 6) is 0.248. The fraction of sp³-hybridized carbons (Fsp3) is 0.632. The highest BCUT2D eigenvalue weighted by Gasteiger charge is 2.36. The standard InChI is InChI=1S/C19H28N2O2S/c1-15-4-6-17(7-5-15)24-19(9-2-3-10-19)14-20-18(23)21-11-8-16(12-21)13-22/h4-7,16,22H,2-3,8-14H2,1H3,(H,20,23). The van der Waals surface area contributed by atoms with Crippen LogP contribution in [-0.2, 0) is 0 Å². The Morgan fingerprint density at radius 1 is 1.33 bits per heavy atom. The van der Waals surface area contributed by atoms with Crippen LogP contribution in [0.2, 0.25) is 0 Å². The third-order valence-corrected chi connectivity index (χ3v) is 6.76. The first-order valence-electron chi connectivity index (χ1n) is 8.99. The smallest absolute Gasteiger partial charge is 0.317 e. The van der Waals surface area contributed by atoms with Gasteiger partial charge in [-0.3, -0.25) is 0 Å². The Labute approximate surface area is 149 Å². The van der Waals surface area contributed by atoms with Crippen LogP contribution in [0.15, 0.2) is 29.2 Å². The molecule has 1 heterocycles. The van der Waals surface area contributed by atoms with Crippen LogP contribution >= 0.6 is 11.8 Å². The number of aliphatic hydroxyl groups is 1. The minimum absolute atomic E-state index is 0.0294. The van der Waals surface area contributed by atoms with Crippen molar-refractivity contribution in [1.29, 1.82) is 0 Å². The second-order valence-electron chi connectivity index (χ2n) is 7.25. The SMILES string of the molecule is Cc1ccc(SC2(CNC(=O)N3CCC(CO)C3)CCCC2)cc1. The molecule has 2 amide bonds. The van der Waals surface area contributed by atoms with Crippen LogP contribution in [-0.4, -0.2) is 47.0 Å². The number of nitrogens with one attached hydrogen (secondary N) is 1. The molecule has 1 saturated carbocycles. The van der Waals surface area contributed by atoms with Crippen molar-refractivity contribution in [2.24, 2.45) is 5.92 Å². The van der Waals surface area contributed by atoms with Gasteiger partial charge in [0.15, 0.2) is 0 Å². The quantitative estimate of drug-likeness (QED) is 0.857. The molecule has 1 aliphatic carbocycles. The average molecular weight is 349 g/mol. The van der Waals surface area contributed by atoms with Gasteiger partial charge in [-0.25, -0.2) is 4.79 Å². The molecule has 0 radical (unpaired) electrons. The normalized spacial score (nSPS) is 22.8. The summed E-state index contributed by atoms with van der Waals surface area (Å²) < 4.78 is 0.126. The molecule has 4 nitrogen and oxygen atoms in total. The summed E-state index contributed by atoms with van der Waals surface area (Å²) in [4.78, 5) is 15.6. The van der Waals surface area contributed by atoms with Crippen LogP contribution in [0, 0.1) is 12.8 Å². The first-order valence-corrected chi connectivity index (χ1v) is 9.81. The van der Waals surface area contributed by atoms with E-state index in [-0.39, 0.29) is 23.3 Å². The lowest BCUT2D eigenvalue weighted by Gasteiger charge is -2.30. The third kappa shape index (κ3) is 4.25. The minimum Gasteiger partial charge on any atom is -0.396 e. The van der Waals surface area contributed by atoms with Gasteiger partial charge in [0.1, 0.15) is 0 Å². The molecule has 0 aromatic heterocycles. The van der Waals surface area contributed by atoms with Crippen molar-refractivity contribution in [2.45, 2.75) is 48.7 Å². The molecule has 5 heteroatoms. The molecule has 1 saturated heterocycles. The third-order valence-electron chi connectivity index (χ3n) is 5.26. The van der Waals surface area contributed by atoms with Gasteiger partial charge in [-0.1, -0.05) is 30.5 Å². The number of aryl methyl sites for hydroxylation is 1. The Kier molecular flexibility index (Phi) is 5.72. The zero-order valence-corrected chi connectivity index (χ0v) is 15.3. The van der Waals surface area contributed by atoms with Gasteiger partial charge < -0.3 is 15.3 Å². The van der Waals surface area contributed by atoms with E-state index in [9.17, 15) is 9.90 Å². The second kappa shape index (κ2) is 7.79. The monoisotopic (exact) mass is 348 g/mol. The molecule has 2 aliphatic rings. The lowest BCUT2D eigenvalue weighted by Crippen LogP contribution is -2.45. The molecule has 1 aliphatic heterocycles. The first kappa shape index (κ1) is 17.6. The summed E-state index contributed by atoms with van der Waals surface area (Å²) in [7, 11) is 0. The fourth-order valence-corrected chi connectivity index (χ4v) is 5.11. The summed E-state index contributed by atoms with van der Waals surface area (Å²) >= 11 is 1.92. The van der Waals surface area contributed by atoms with E-state index < -0.39 is 0 Å². The Morgan fingerprint density at radius 3 is 2.67 bits per heavy atom. The van der Waals surface area contributed by atoms with Gasteiger partial charge in [0, 0.05) is 41.8 Å². The Balaban J connectivity index is 1.57. The van der Waals surface area contributed by atoms with E-state index >= 15 is 0 Å². The first-order chi connectivity index (χ1) is 11.6. The van der Waals surface area contributed by atoms with Crippen LogP contribution in [0.5, 0.6) is 0 Å². The number of nitrogens with zero attached hydrogens (tertiary/aromatic N) is 1. The molecule has 0 spiro atoms. The van der Waals surface area contributed by atoms with Gasteiger partial charge in [-0.2, -0.15) is 0 Å². The molecule has 2 N–H and O–H groups in total. The summed E-state index contributed by atoms with van der Waals surface area (Å²) in [5.41, 5.74) is 1.28. The van der Waals surface area contributed by atoms with Crippen LogP contribution in [0.4, 0.5) is 4.79 Å². The number of thioether (sulfide) groups is 1. The van der Waals surface area contributed by atoms with Gasteiger partial charge in [0.05, 0.1) is 0 Å². The number of rotatable bonds is 5. The van der Waals surface area contributed by atoms with E-state index in [2.05, 4.69) is 36.5 Å². The van der Waals surface area contributed by atoms with Gasteiger partial charge >= 0.3 is 6.03 Å². The maximum absolute atomic E-state index is 12.4. The molecule has 0 bridgehead atoms. The number of benzene rings is 1. The summed E-state index contributed by atoms with van der Waals surface area (Å²) in [6.07, 6.45) is 5.71. The van der Waals surface area contributed by atoms with E-state index in [0.29, 0.717) is 6.54 Å². The van der Waals surface area contributed by atoms with Crippen molar-refractivity contribution in [3.63, 3.8) is 0 Å². The number of amides is 2. The van der Waals surface area contributed by atoms with Crippen molar-refractivity contribution < 1.29 is 9.90 Å². The molecule has 1 aromatic carbocycles. The molecule has 1 aromatic rings. The van der Waals surface area contributed by atoms with Crippen LogP contribution in [0.25, 0.3) is 0 Å².